The molecule has 1 saturated carbocycles. The predicted octanol–water partition coefficient (Wildman–Crippen LogP) is 3.06. The van der Waals surface area contributed by atoms with E-state index >= 15 is 0 Å². The molecule has 1 aliphatic rings. The molecule has 3 atom stereocenters. The average Bonchev–Trinajstić information content (AvgIpc) is 2.70. The van der Waals surface area contributed by atoms with E-state index < -0.39 is 6.10 Å². The molecule has 0 radical (unpaired) electrons. The molecule has 1 aromatic carbocycles. The molecule has 0 amide bonds. The summed E-state index contributed by atoms with van der Waals surface area (Å²) in [6.07, 6.45) is 2.81. The molecular weight excluding hydrogens is 241 g/mol. The third kappa shape index (κ3) is 2.98. The molecule has 0 aliphatic heterocycles. The molecule has 3 heteroatoms. The molecule has 0 spiro atoms. The summed E-state index contributed by atoms with van der Waals surface area (Å²) in [5, 5.41) is 10.7. The van der Waals surface area contributed by atoms with Crippen molar-refractivity contribution in [3.05, 3.63) is 35.6 Å². The van der Waals surface area contributed by atoms with Gasteiger partial charge < -0.3 is 10.8 Å². The number of nitrogens with two attached hydrogens (primary N) is 1. The maximum atomic E-state index is 13.3. The quantitative estimate of drug-likeness (QED) is 0.879. The van der Waals surface area contributed by atoms with Gasteiger partial charge in [0, 0.05) is 12.5 Å². The van der Waals surface area contributed by atoms with Gasteiger partial charge in [-0.2, -0.15) is 0 Å². The van der Waals surface area contributed by atoms with Gasteiger partial charge in [0.15, 0.2) is 0 Å². The first-order valence-electron chi connectivity index (χ1n) is 7.09. The highest BCUT2D eigenvalue weighted by atomic mass is 19.1. The van der Waals surface area contributed by atoms with E-state index in [1.807, 2.05) is 6.07 Å². The molecule has 1 fully saturated rings. The van der Waals surface area contributed by atoms with Crippen molar-refractivity contribution < 1.29 is 9.50 Å². The third-order valence-corrected chi connectivity index (χ3v) is 4.70. The normalized spacial score (nSPS) is 25.2. The molecule has 0 bridgehead atoms. The highest BCUT2D eigenvalue weighted by molar-refractivity contribution is 5.23. The van der Waals surface area contributed by atoms with Crippen LogP contribution in [-0.4, -0.2) is 17.8 Å². The van der Waals surface area contributed by atoms with Crippen LogP contribution in [0.25, 0.3) is 0 Å². The zero-order valence-electron chi connectivity index (χ0n) is 11.8. The van der Waals surface area contributed by atoms with Crippen LogP contribution in [0.3, 0.4) is 0 Å². The summed E-state index contributed by atoms with van der Waals surface area (Å²) in [7, 11) is 0. The van der Waals surface area contributed by atoms with Crippen LogP contribution in [0, 0.1) is 17.2 Å². The first kappa shape index (κ1) is 14.5. The highest BCUT2D eigenvalue weighted by Gasteiger charge is 2.41. The molecular formula is C16H24FNO. The first-order chi connectivity index (χ1) is 8.95. The Morgan fingerprint density at radius 2 is 2.21 bits per heavy atom. The van der Waals surface area contributed by atoms with E-state index in [1.54, 1.807) is 6.07 Å². The minimum atomic E-state index is -0.496. The lowest BCUT2D eigenvalue weighted by atomic mass is 9.73. The van der Waals surface area contributed by atoms with Gasteiger partial charge in [0.2, 0.25) is 0 Å². The van der Waals surface area contributed by atoms with Crippen LogP contribution in [0.5, 0.6) is 0 Å². The van der Waals surface area contributed by atoms with Crippen molar-refractivity contribution in [2.24, 2.45) is 17.1 Å². The van der Waals surface area contributed by atoms with E-state index in [4.69, 9.17) is 5.73 Å². The Kier molecular flexibility index (Phi) is 4.26. The zero-order valence-corrected chi connectivity index (χ0v) is 11.8. The number of aliphatic hydroxyl groups is 1. The van der Waals surface area contributed by atoms with Gasteiger partial charge in [-0.1, -0.05) is 32.4 Å². The fraction of sp³-hybridized carbons (Fsp3) is 0.625. The summed E-state index contributed by atoms with van der Waals surface area (Å²) in [5.74, 6) is -0.212. The molecule has 0 saturated heterocycles. The predicted molar refractivity (Wildman–Crippen MR) is 75.3 cm³/mol. The third-order valence-electron chi connectivity index (χ3n) is 4.70. The van der Waals surface area contributed by atoms with Crippen LogP contribution >= 0.6 is 0 Å². The Hall–Kier alpha value is -0.930. The first-order valence-corrected chi connectivity index (χ1v) is 7.09. The molecule has 0 heterocycles. The molecule has 2 nitrogen and oxygen atoms in total. The number of hydrogen-bond acceptors (Lipinski definition) is 2. The van der Waals surface area contributed by atoms with Crippen LogP contribution in [-0.2, 0) is 0 Å². The zero-order chi connectivity index (χ0) is 14.0. The summed E-state index contributed by atoms with van der Waals surface area (Å²) >= 11 is 0. The van der Waals surface area contributed by atoms with Crippen molar-refractivity contribution in [3.63, 3.8) is 0 Å². The fourth-order valence-electron chi connectivity index (χ4n) is 3.48. The lowest BCUT2D eigenvalue weighted by Gasteiger charge is -2.35. The Morgan fingerprint density at radius 3 is 2.74 bits per heavy atom. The Labute approximate surface area is 114 Å². The van der Waals surface area contributed by atoms with E-state index in [0.29, 0.717) is 6.54 Å². The van der Waals surface area contributed by atoms with E-state index in [2.05, 4.69) is 13.8 Å². The minimum Gasteiger partial charge on any atom is -0.392 e. The van der Waals surface area contributed by atoms with Crippen LogP contribution in [0.1, 0.15) is 44.6 Å². The molecule has 3 unspecified atom stereocenters. The van der Waals surface area contributed by atoms with Gasteiger partial charge in [0.1, 0.15) is 5.82 Å². The minimum absolute atomic E-state index is 0.139. The summed E-state index contributed by atoms with van der Waals surface area (Å²) in [6, 6.07) is 6.44. The van der Waals surface area contributed by atoms with Gasteiger partial charge in [-0.3, -0.25) is 0 Å². The van der Waals surface area contributed by atoms with Gasteiger partial charge in [-0.25, -0.2) is 4.39 Å². The molecule has 19 heavy (non-hydrogen) atoms. The molecule has 1 aliphatic carbocycles. The monoisotopic (exact) mass is 265 g/mol. The summed E-state index contributed by atoms with van der Waals surface area (Å²) < 4.78 is 13.3. The second-order valence-electron chi connectivity index (χ2n) is 6.38. The second kappa shape index (κ2) is 5.59. The molecule has 2 rings (SSSR count). The Bertz CT molecular complexity index is 433. The molecule has 106 valence electrons. The maximum absolute atomic E-state index is 13.3. The van der Waals surface area contributed by atoms with E-state index in [9.17, 15) is 9.50 Å². The number of rotatable bonds is 4. The van der Waals surface area contributed by atoms with Gasteiger partial charge in [0.25, 0.3) is 0 Å². The number of hydrogen-bond donors (Lipinski definition) is 2. The van der Waals surface area contributed by atoms with Crippen molar-refractivity contribution in [2.75, 3.05) is 6.54 Å². The topological polar surface area (TPSA) is 46.2 Å². The van der Waals surface area contributed by atoms with Crippen molar-refractivity contribution >= 4 is 0 Å². The van der Waals surface area contributed by atoms with Crippen molar-refractivity contribution in [3.8, 4) is 0 Å². The second-order valence-corrected chi connectivity index (χ2v) is 6.38. The summed E-state index contributed by atoms with van der Waals surface area (Å²) in [4.78, 5) is 0. The van der Waals surface area contributed by atoms with Gasteiger partial charge in [0.05, 0.1) is 6.10 Å². The van der Waals surface area contributed by atoms with Crippen LogP contribution < -0.4 is 5.73 Å². The Morgan fingerprint density at radius 1 is 1.47 bits per heavy atom. The SMILES string of the molecule is CC1(C)CCCC1C(O)C(CN)c1cccc(F)c1. The largest absolute Gasteiger partial charge is 0.392 e. The summed E-state index contributed by atoms with van der Waals surface area (Å²) in [5.41, 5.74) is 6.77. The number of benzene rings is 1. The molecule has 3 N–H and O–H groups in total. The van der Waals surface area contributed by atoms with E-state index in [-0.39, 0.29) is 23.1 Å². The Balaban J connectivity index is 2.22. The van der Waals surface area contributed by atoms with Gasteiger partial charge in [-0.05, 0) is 41.9 Å². The van der Waals surface area contributed by atoms with Crippen LogP contribution in [0.2, 0.25) is 0 Å². The molecule has 1 aromatic rings. The van der Waals surface area contributed by atoms with Gasteiger partial charge in [-0.15, -0.1) is 0 Å². The smallest absolute Gasteiger partial charge is 0.123 e. The fourth-order valence-corrected chi connectivity index (χ4v) is 3.48. The average molecular weight is 265 g/mol. The van der Waals surface area contributed by atoms with Crippen LogP contribution in [0.4, 0.5) is 4.39 Å². The van der Waals surface area contributed by atoms with Crippen molar-refractivity contribution in [1.29, 1.82) is 0 Å². The van der Waals surface area contributed by atoms with Crippen molar-refractivity contribution in [2.45, 2.75) is 45.1 Å². The van der Waals surface area contributed by atoms with Crippen LogP contribution in [0.15, 0.2) is 24.3 Å². The number of aliphatic hydroxyl groups excluding tert-OH is 1. The maximum Gasteiger partial charge on any atom is 0.123 e. The molecule has 0 aromatic heterocycles. The highest BCUT2D eigenvalue weighted by Crippen LogP contribution is 2.46. The lowest BCUT2D eigenvalue weighted by Crippen LogP contribution is -2.37. The number of halogens is 1. The van der Waals surface area contributed by atoms with Crippen molar-refractivity contribution in [1.82, 2.24) is 0 Å². The standard InChI is InChI=1S/C16H24FNO/c1-16(2)8-4-7-14(16)15(19)13(10-18)11-5-3-6-12(17)9-11/h3,5-6,9,13-15,19H,4,7-8,10,18H2,1-2H3. The van der Waals surface area contributed by atoms with Gasteiger partial charge >= 0.3 is 0 Å². The lowest BCUT2D eigenvalue weighted by molar-refractivity contribution is 0.0345. The van der Waals surface area contributed by atoms with E-state index in [0.717, 1.165) is 24.8 Å². The van der Waals surface area contributed by atoms with E-state index in [1.165, 1.54) is 12.1 Å². The summed E-state index contributed by atoms with van der Waals surface area (Å²) in [6.45, 7) is 4.75.